The summed E-state index contributed by atoms with van der Waals surface area (Å²) in [6.07, 6.45) is 7.09. The van der Waals surface area contributed by atoms with Crippen molar-refractivity contribution in [3.63, 3.8) is 0 Å². The highest BCUT2D eigenvalue weighted by atomic mass is 16.5. The van der Waals surface area contributed by atoms with Crippen molar-refractivity contribution in [3.8, 4) is 23.8 Å². The molecule has 0 radical (unpaired) electrons. The molecule has 0 aliphatic rings. The van der Waals surface area contributed by atoms with Gasteiger partial charge in [-0.2, -0.15) is 4.68 Å². The zero-order valence-corrected chi connectivity index (χ0v) is 11.8. The standard InChI is InChI=1S/C15H13N5O2/c1-3-12-11(9-22-14-7-5-4-6-10(14)2)13(8-16-12)20-15(21)17-18-19-20/h1,4-8,16H,9H2,2H3,(H,17,19,21). The number of hydrogen-bond donors (Lipinski definition) is 2. The molecule has 3 rings (SSSR count). The molecule has 2 N–H and O–H groups in total. The Kier molecular flexibility index (Phi) is 3.50. The van der Waals surface area contributed by atoms with E-state index in [1.165, 1.54) is 0 Å². The van der Waals surface area contributed by atoms with Gasteiger partial charge in [-0.15, -0.1) is 6.42 Å². The fourth-order valence-corrected chi connectivity index (χ4v) is 2.13. The van der Waals surface area contributed by atoms with Crippen LogP contribution < -0.4 is 10.4 Å². The third-order valence-corrected chi connectivity index (χ3v) is 3.27. The fraction of sp³-hybridized carbons (Fsp3) is 0.133. The Hall–Kier alpha value is -3.27. The van der Waals surface area contributed by atoms with Crippen LogP contribution in [0.2, 0.25) is 0 Å². The summed E-state index contributed by atoms with van der Waals surface area (Å²) in [6, 6.07) is 7.66. The lowest BCUT2D eigenvalue weighted by molar-refractivity contribution is 0.303. The highest BCUT2D eigenvalue weighted by molar-refractivity contribution is 5.48. The Bertz CT molecular complexity index is 897. The Morgan fingerprint density at radius 2 is 2.23 bits per heavy atom. The third kappa shape index (κ3) is 2.38. The SMILES string of the molecule is C#Cc1[nH]cc(-n2nn[nH]c2=O)c1COc1ccccc1C. The number of aromatic amines is 2. The number of para-hydroxylation sites is 1. The molecular formula is C15H13N5O2. The van der Waals surface area contributed by atoms with Crippen molar-refractivity contribution in [2.75, 3.05) is 0 Å². The average molecular weight is 295 g/mol. The number of ether oxygens (including phenoxy) is 1. The van der Waals surface area contributed by atoms with Gasteiger partial charge in [0.05, 0.1) is 11.4 Å². The van der Waals surface area contributed by atoms with E-state index in [4.69, 9.17) is 11.2 Å². The molecule has 0 aliphatic carbocycles. The normalized spacial score (nSPS) is 10.4. The van der Waals surface area contributed by atoms with Gasteiger partial charge in [-0.25, -0.2) is 9.89 Å². The van der Waals surface area contributed by atoms with Crippen molar-refractivity contribution in [2.45, 2.75) is 13.5 Å². The minimum atomic E-state index is -0.445. The monoisotopic (exact) mass is 295 g/mol. The maximum atomic E-state index is 11.7. The molecule has 0 saturated heterocycles. The van der Waals surface area contributed by atoms with Crippen molar-refractivity contribution >= 4 is 0 Å². The number of hydrogen-bond acceptors (Lipinski definition) is 4. The van der Waals surface area contributed by atoms with E-state index in [0.29, 0.717) is 16.9 Å². The van der Waals surface area contributed by atoms with Crippen LogP contribution in [0.15, 0.2) is 35.3 Å². The highest BCUT2D eigenvalue weighted by Gasteiger charge is 2.15. The first-order valence-electron chi connectivity index (χ1n) is 6.56. The fourth-order valence-electron chi connectivity index (χ4n) is 2.13. The minimum Gasteiger partial charge on any atom is -0.488 e. The topological polar surface area (TPSA) is 88.6 Å². The smallest absolute Gasteiger partial charge is 0.365 e. The van der Waals surface area contributed by atoms with Crippen molar-refractivity contribution in [3.05, 3.63) is 57.8 Å². The van der Waals surface area contributed by atoms with Gasteiger partial charge < -0.3 is 9.72 Å². The summed E-state index contributed by atoms with van der Waals surface area (Å²) < 4.78 is 6.95. The second-order valence-corrected chi connectivity index (χ2v) is 4.64. The molecule has 22 heavy (non-hydrogen) atoms. The zero-order chi connectivity index (χ0) is 15.5. The maximum Gasteiger partial charge on any atom is 0.365 e. The number of tetrazole rings is 1. The predicted octanol–water partition coefficient (Wildman–Crippen LogP) is 1.15. The van der Waals surface area contributed by atoms with Gasteiger partial charge in [0.2, 0.25) is 0 Å². The van der Waals surface area contributed by atoms with E-state index in [0.717, 1.165) is 16.0 Å². The van der Waals surface area contributed by atoms with Gasteiger partial charge in [0.1, 0.15) is 12.4 Å². The summed E-state index contributed by atoms with van der Waals surface area (Å²) in [5.74, 6) is 3.29. The Morgan fingerprint density at radius 3 is 2.91 bits per heavy atom. The molecule has 3 aromatic rings. The molecule has 2 aromatic heterocycles. The van der Waals surface area contributed by atoms with Crippen molar-refractivity contribution in [1.82, 2.24) is 25.2 Å². The van der Waals surface area contributed by atoms with E-state index < -0.39 is 5.69 Å². The van der Waals surface area contributed by atoms with Gasteiger partial charge in [-0.1, -0.05) is 24.1 Å². The molecule has 0 atom stereocenters. The first-order chi connectivity index (χ1) is 10.7. The lowest BCUT2D eigenvalue weighted by Crippen LogP contribution is -2.17. The molecule has 0 aliphatic heterocycles. The van der Waals surface area contributed by atoms with Crippen LogP contribution in [0.25, 0.3) is 5.69 Å². The van der Waals surface area contributed by atoms with Gasteiger partial charge in [0.15, 0.2) is 0 Å². The summed E-state index contributed by atoms with van der Waals surface area (Å²) in [6.45, 7) is 2.17. The number of aryl methyl sites for hydroxylation is 1. The van der Waals surface area contributed by atoms with Crippen LogP contribution in [-0.2, 0) is 6.61 Å². The lowest BCUT2D eigenvalue weighted by atomic mass is 10.2. The average Bonchev–Trinajstić information content (AvgIpc) is 3.11. The summed E-state index contributed by atoms with van der Waals surface area (Å²) in [5.41, 5.74) is 2.29. The summed E-state index contributed by atoms with van der Waals surface area (Å²) in [7, 11) is 0. The largest absolute Gasteiger partial charge is 0.488 e. The van der Waals surface area contributed by atoms with E-state index >= 15 is 0 Å². The van der Waals surface area contributed by atoms with E-state index in [-0.39, 0.29) is 6.61 Å². The third-order valence-electron chi connectivity index (χ3n) is 3.27. The van der Waals surface area contributed by atoms with Crippen LogP contribution >= 0.6 is 0 Å². The van der Waals surface area contributed by atoms with Gasteiger partial charge in [-0.05, 0) is 29.0 Å². The molecule has 0 saturated carbocycles. The highest BCUT2D eigenvalue weighted by Crippen LogP contribution is 2.21. The van der Waals surface area contributed by atoms with Crippen LogP contribution in [0.5, 0.6) is 5.75 Å². The minimum absolute atomic E-state index is 0.211. The number of benzene rings is 1. The Labute approximate surface area is 125 Å². The number of rotatable bonds is 4. The molecule has 0 bridgehead atoms. The van der Waals surface area contributed by atoms with Crippen LogP contribution in [-0.4, -0.2) is 25.2 Å². The molecule has 1 aromatic carbocycles. The maximum absolute atomic E-state index is 11.7. The second-order valence-electron chi connectivity index (χ2n) is 4.64. The molecule has 7 heteroatoms. The van der Waals surface area contributed by atoms with Crippen molar-refractivity contribution in [1.29, 1.82) is 0 Å². The van der Waals surface area contributed by atoms with Crippen LogP contribution in [0, 0.1) is 19.3 Å². The van der Waals surface area contributed by atoms with Crippen LogP contribution in [0.4, 0.5) is 0 Å². The Morgan fingerprint density at radius 1 is 1.41 bits per heavy atom. The number of nitrogens with one attached hydrogen (secondary N) is 2. The molecule has 7 nitrogen and oxygen atoms in total. The number of nitrogens with zero attached hydrogens (tertiary/aromatic N) is 3. The molecule has 0 spiro atoms. The lowest BCUT2D eigenvalue weighted by Gasteiger charge is -2.09. The number of aromatic nitrogens is 5. The molecule has 2 heterocycles. The van der Waals surface area contributed by atoms with Crippen molar-refractivity contribution < 1.29 is 4.74 Å². The van der Waals surface area contributed by atoms with Crippen LogP contribution in [0.1, 0.15) is 16.8 Å². The predicted molar refractivity (Wildman–Crippen MR) is 79.8 cm³/mol. The van der Waals surface area contributed by atoms with Crippen LogP contribution in [0.3, 0.4) is 0 Å². The molecule has 110 valence electrons. The van der Waals surface area contributed by atoms with E-state index in [2.05, 4.69) is 26.4 Å². The molecule has 0 unspecified atom stereocenters. The Balaban J connectivity index is 1.95. The van der Waals surface area contributed by atoms with E-state index in [1.807, 2.05) is 31.2 Å². The molecular weight excluding hydrogens is 282 g/mol. The second kappa shape index (κ2) is 5.61. The van der Waals surface area contributed by atoms with E-state index in [1.54, 1.807) is 6.20 Å². The van der Waals surface area contributed by atoms with Gasteiger partial charge >= 0.3 is 5.69 Å². The van der Waals surface area contributed by atoms with Gasteiger partial charge in [-0.3, -0.25) is 0 Å². The quantitative estimate of drug-likeness (QED) is 0.707. The number of terminal acetylenes is 1. The number of H-pyrrole nitrogens is 2. The first kappa shape index (κ1) is 13.7. The summed E-state index contributed by atoms with van der Waals surface area (Å²) >= 11 is 0. The van der Waals surface area contributed by atoms with Crippen molar-refractivity contribution in [2.24, 2.45) is 0 Å². The first-order valence-corrected chi connectivity index (χ1v) is 6.56. The van der Waals surface area contributed by atoms with Gasteiger partial charge in [0, 0.05) is 11.8 Å². The molecule has 0 fully saturated rings. The zero-order valence-electron chi connectivity index (χ0n) is 11.8. The summed E-state index contributed by atoms with van der Waals surface area (Å²) in [5, 5.41) is 9.44. The van der Waals surface area contributed by atoms with E-state index in [9.17, 15) is 4.79 Å². The molecule has 0 amide bonds. The van der Waals surface area contributed by atoms with Gasteiger partial charge in [0.25, 0.3) is 0 Å². The summed E-state index contributed by atoms with van der Waals surface area (Å²) in [4.78, 5) is 14.6.